The molecule has 2 aliphatic rings. The van der Waals surface area contributed by atoms with Crippen molar-refractivity contribution in [2.24, 2.45) is 5.84 Å². The Hall–Kier alpha value is -0.810. The van der Waals surface area contributed by atoms with E-state index in [4.69, 9.17) is 5.84 Å². The predicted molar refractivity (Wildman–Crippen MR) is 37.4 cm³/mol. The van der Waals surface area contributed by atoms with Crippen LogP contribution in [0.1, 0.15) is 12.8 Å². The van der Waals surface area contributed by atoms with Crippen molar-refractivity contribution >= 4 is 6.03 Å². The summed E-state index contributed by atoms with van der Waals surface area (Å²) in [5.74, 6) is 5.44. The Morgan fingerprint density at radius 3 is 3.00 bits per heavy atom. The maximum absolute atomic E-state index is 10.9. The number of nitrogens with one attached hydrogen (secondary N) is 1. The lowest BCUT2D eigenvalue weighted by Gasteiger charge is -2.14. The largest absolute Gasteiger partial charge is 0.393 e. The molecule has 0 radical (unpaired) electrons. The van der Waals surface area contributed by atoms with E-state index in [1.807, 2.05) is 0 Å². The molecule has 3 atom stereocenters. The molecule has 1 heterocycles. The molecule has 1 saturated carbocycles. The lowest BCUT2D eigenvalue weighted by atomic mass is 10.2. The van der Waals surface area contributed by atoms with Crippen molar-refractivity contribution in [3.05, 3.63) is 0 Å². The molecule has 5 nitrogen and oxygen atoms in total. The van der Waals surface area contributed by atoms with Crippen LogP contribution in [0.3, 0.4) is 0 Å². The van der Waals surface area contributed by atoms with Crippen LogP contribution >= 0.6 is 0 Å². The van der Waals surface area contributed by atoms with Gasteiger partial charge in [0.05, 0.1) is 18.2 Å². The Labute approximate surface area is 64.1 Å². The number of nitrogens with two attached hydrogens (primary N) is 1. The molecular weight excluding hydrogens is 146 g/mol. The van der Waals surface area contributed by atoms with Crippen LogP contribution in [0.25, 0.3) is 0 Å². The second kappa shape index (κ2) is 2.09. The topological polar surface area (TPSA) is 78.6 Å². The Morgan fingerprint density at radius 2 is 2.36 bits per heavy atom. The third-order valence-corrected chi connectivity index (χ3v) is 2.40. The zero-order valence-electron chi connectivity index (χ0n) is 6.03. The minimum atomic E-state index is -0.309. The fourth-order valence-corrected chi connectivity index (χ4v) is 1.84. The molecule has 0 aromatic carbocycles. The van der Waals surface area contributed by atoms with Gasteiger partial charge in [0.15, 0.2) is 0 Å². The summed E-state index contributed by atoms with van der Waals surface area (Å²) < 4.78 is 0. The summed E-state index contributed by atoms with van der Waals surface area (Å²) in [7, 11) is 0. The molecule has 0 aromatic rings. The molecule has 0 bridgehead atoms. The summed E-state index contributed by atoms with van der Waals surface area (Å²) in [6, 6.07) is -0.174. The Bertz CT molecular complexity index is 196. The first-order chi connectivity index (χ1) is 5.18. The molecule has 0 unspecified atom stereocenters. The summed E-state index contributed by atoms with van der Waals surface area (Å²) in [5, 5.41) is 13.1. The first-order valence-corrected chi connectivity index (χ1v) is 3.71. The molecule has 2 amide bonds. The number of fused-ring (bicyclic) bond motifs is 1. The number of amides is 2. The van der Waals surface area contributed by atoms with Crippen LogP contribution < -0.4 is 11.2 Å². The molecule has 5 heteroatoms. The van der Waals surface area contributed by atoms with Crippen LogP contribution in [-0.2, 0) is 0 Å². The predicted octanol–water partition coefficient (Wildman–Crippen LogP) is -1.22. The highest BCUT2D eigenvalue weighted by Crippen LogP contribution is 2.27. The number of aliphatic hydroxyl groups is 1. The zero-order chi connectivity index (χ0) is 8.01. The molecular formula is C6H11N3O2. The number of carbonyl (C=O) groups is 1. The maximum atomic E-state index is 10.9. The number of urea groups is 1. The summed E-state index contributed by atoms with van der Waals surface area (Å²) in [6.07, 6.45) is 0.918. The third-order valence-electron chi connectivity index (χ3n) is 2.40. The van der Waals surface area contributed by atoms with Gasteiger partial charge >= 0.3 is 6.03 Å². The van der Waals surface area contributed by atoms with Crippen LogP contribution in [-0.4, -0.2) is 34.3 Å². The average Bonchev–Trinajstić information content (AvgIpc) is 2.37. The third kappa shape index (κ3) is 0.883. The highest BCUT2D eigenvalue weighted by molar-refractivity contribution is 5.77. The van der Waals surface area contributed by atoms with Gasteiger partial charge in [0.25, 0.3) is 0 Å². The summed E-state index contributed by atoms with van der Waals surface area (Å²) in [4.78, 5) is 10.9. The smallest absolute Gasteiger partial charge is 0.332 e. The fraction of sp³-hybridized carbons (Fsp3) is 0.833. The van der Waals surface area contributed by atoms with Gasteiger partial charge in [0.2, 0.25) is 0 Å². The Balaban J connectivity index is 2.13. The number of hydrogen-bond donors (Lipinski definition) is 3. The van der Waals surface area contributed by atoms with Gasteiger partial charge < -0.3 is 10.4 Å². The molecule has 1 aliphatic heterocycles. The van der Waals surface area contributed by atoms with Crippen LogP contribution in [0.4, 0.5) is 4.79 Å². The summed E-state index contributed by atoms with van der Waals surface area (Å²) in [5.41, 5.74) is 0. The van der Waals surface area contributed by atoms with Crippen LogP contribution in [0.5, 0.6) is 0 Å². The minimum Gasteiger partial charge on any atom is -0.393 e. The maximum Gasteiger partial charge on any atom is 0.332 e. The van der Waals surface area contributed by atoms with Gasteiger partial charge in [-0.2, -0.15) is 0 Å². The van der Waals surface area contributed by atoms with E-state index in [0.717, 1.165) is 0 Å². The van der Waals surface area contributed by atoms with Crippen molar-refractivity contribution in [2.45, 2.75) is 31.0 Å². The number of hydrazine groups is 1. The van der Waals surface area contributed by atoms with Crippen molar-refractivity contribution in [1.29, 1.82) is 0 Å². The van der Waals surface area contributed by atoms with Crippen LogP contribution in [0, 0.1) is 0 Å². The van der Waals surface area contributed by atoms with E-state index in [0.29, 0.717) is 12.8 Å². The van der Waals surface area contributed by atoms with E-state index in [1.165, 1.54) is 5.01 Å². The number of carbonyl (C=O) groups excluding carboxylic acids is 1. The van der Waals surface area contributed by atoms with Crippen LogP contribution in [0.15, 0.2) is 0 Å². The second-order valence-electron chi connectivity index (χ2n) is 3.16. The van der Waals surface area contributed by atoms with Crippen molar-refractivity contribution in [3.8, 4) is 0 Å². The van der Waals surface area contributed by atoms with Gasteiger partial charge in [-0.3, -0.25) is 5.01 Å². The van der Waals surface area contributed by atoms with E-state index >= 15 is 0 Å². The molecule has 1 saturated heterocycles. The fourth-order valence-electron chi connectivity index (χ4n) is 1.84. The van der Waals surface area contributed by atoms with Gasteiger partial charge in [0, 0.05) is 0 Å². The average molecular weight is 157 g/mol. The SMILES string of the molecule is NN1C(=O)N[C@@H]2C[C@H](O)C[C@@H]21. The Kier molecular flexibility index (Phi) is 1.30. The lowest BCUT2D eigenvalue weighted by molar-refractivity contribution is 0.157. The van der Waals surface area contributed by atoms with E-state index < -0.39 is 0 Å². The monoisotopic (exact) mass is 157 g/mol. The first-order valence-electron chi connectivity index (χ1n) is 3.71. The van der Waals surface area contributed by atoms with Crippen molar-refractivity contribution in [1.82, 2.24) is 10.3 Å². The molecule has 11 heavy (non-hydrogen) atoms. The second-order valence-corrected chi connectivity index (χ2v) is 3.16. The number of aliphatic hydroxyl groups excluding tert-OH is 1. The van der Waals surface area contributed by atoms with Crippen LogP contribution in [0.2, 0.25) is 0 Å². The van der Waals surface area contributed by atoms with E-state index in [9.17, 15) is 9.90 Å². The highest BCUT2D eigenvalue weighted by Gasteiger charge is 2.44. The normalized spacial score (nSPS) is 42.5. The van der Waals surface area contributed by atoms with Crippen molar-refractivity contribution in [3.63, 3.8) is 0 Å². The Morgan fingerprint density at radius 1 is 1.64 bits per heavy atom. The quantitative estimate of drug-likeness (QED) is 0.304. The molecule has 2 rings (SSSR count). The number of hydrogen-bond acceptors (Lipinski definition) is 3. The van der Waals surface area contributed by atoms with Gasteiger partial charge in [0.1, 0.15) is 0 Å². The first kappa shape index (κ1) is 6.87. The molecule has 0 spiro atoms. The van der Waals surface area contributed by atoms with E-state index in [-0.39, 0.29) is 24.2 Å². The molecule has 2 fully saturated rings. The van der Waals surface area contributed by atoms with Crippen molar-refractivity contribution in [2.75, 3.05) is 0 Å². The summed E-state index contributed by atoms with van der Waals surface area (Å²) >= 11 is 0. The van der Waals surface area contributed by atoms with Crippen molar-refractivity contribution < 1.29 is 9.90 Å². The summed E-state index contributed by atoms with van der Waals surface area (Å²) in [6.45, 7) is 0. The van der Waals surface area contributed by atoms with Gasteiger partial charge in [-0.1, -0.05) is 0 Å². The highest BCUT2D eigenvalue weighted by atomic mass is 16.3. The molecule has 62 valence electrons. The molecule has 1 aliphatic carbocycles. The number of nitrogens with zero attached hydrogens (tertiary/aromatic N) is 1. The lowest BCUT2D eigenvalue weighted by Crippen LogP contribution is -2.40. The van der Waals surface area contributed by atoms with Gasteiger partial charge in [-0.05, 0) is 12.8 Å². The minimum absolute atomic E-state index is 0.00231. The van der Waals surface area contributed by atoms with E-state index in [1.54, 1.807) is 0 Å². The zero-order valence-corrected chi connectivity index (χ0v) is 6.03. The standard InChI is InChI=1S/C6H11N3O2/c7-9-5-2-3(10)1-4(5)8-6(9)11/h3-5,10H,1-2,7H2,(H,8,11)/t3-,4+,5-/m0/s1. The molecule has 0 aromatic heterocycles. The number of rotatable bonds is 0. The van der Waals surface area contributed by atoms with Gasteiger partial charge in [-0.25, -0.2) is 10.6 Å². The van der Waals surface area contributed by atoms with Gasteiger partial charge in [-0.15, -0.1) is 0 Å². The molecule has 4 N–H and O–H groups in total. The van der Waals surface area contributed by atoms with E-state index in [2.05, 4.69) is 5.32 Å².